The monoisotopic (exact) mass is 261 g/mol. The third kappa shape index (κ3) is 3.12. The van der Waals surface area contributed by atoms with Gasteiger partial charge in [0, 0.05) is 6.20 Å². The lowest BCUT2D eigenvalue weighted by Crippen LogP contribution is -2.20. The number of alkyl halides is 3. The van der Waals surface area contributed by atoms with E-state index in [1.54, 1.807) is 0 Å². The van der Waals surface area contributed by atoms with Gasteiger partial charge in [0.15, 0.2) is 18.1 Å². The van der Waals surface area contributed by atoms with Gasteiger partial charge in [0.05, 0.1) is 0 Å². The second-order valence-corrected chi connectivity index (χ2v) is 4.10. The largest absolute Gasteiger partial charge is 0.482 e. The lowest BCUT2D eigenvalue weighted by atomic mass is 10.1. The van der Waals surface area contributed by atoms with Gasteiger partial charge in [0.1, 0.15) is 0 Å². The Hall–Kier alpha value is -1.79. The fraction of sp³-hybridized carbons (Fsp3) is 0.455. The molecule has 1 aliphatic carbocycles. The number of hydrogen-bond acceptors (Lipinski definition) is 3. The SMILES string of the molecule is O=C(O)c1ncc(C2CC2)cc1OCC(F)(F)F. The maximum absolute atomic E-state index is 12.1. The molecule has 2 rings (SSSR count). The minimum absolute atomic E-state index is 0.258. The van der Waals surface area contributed by atoms with Crippen LogP contribution in [0.3, 0.4) is 0 Å². The maximum atomic E-state index is 12.1. The van der Waals surface area contributed by atoms with E-state index in [1.165, 1.54) is 12.3 Å². The van der Waals surface area contributed by atoms with Crippen molar-refractivity contribution in [3.05, 3.63) is 23.5 Å². The highest BCUT2D eigenvalue weighted by molar-refractivity contribution is 5.88. The fourth-order valence-electron chi connectivity index (χ4n) is 1.53. The molecule has 7 heteroatoms. The summed E-state index contributed by atoms with van der Waals surface area (Å²) in [6, 6.07) is 1.33. The molecule has 0 amide bonds. The van der Waals surface area contributed by atoms with Crippen LogP contribution < -0.4 is 4.74 Å². The van der Waals surface area contributed by atoms with E-state index >= 15 is 0 Å². The summed E-state index contributed by atoms with van der Waals surface area (Å²) in [5, 5.41) is 8.82. The highest BCUT2D eigenvalue weighted by atomic mass is 19.4. The van der Waals surface area contributed by atoms with E-state index in [-0.39, 0.29) is 11.7 Å². The van der Waals surface area contributed by atoms with Gasteiger partial charge in [-0.05, 0) is 30.4 Å². The van der Waals surface area contributed by atoms with Crippen molar-refractivity contribution < 1.29 is 27.8 Å². The van der Waals surface area contributed by atoms with E-state index in [0.29, 0.717) is 0 Å². The molecular weight excluding hydrogens is 251 g/mol. The third-order valence-electron chi connectivity index (χ3n) is 2.52. The maximum Gasteiger partial charge on any atom is 0.422 e. The molecule has 0 spiro atoms. The Labute approximate surface area is 100 Å². The summed E-state index contributed by atoms with van der Waals surface area (Å²) in [5.74, 6) is -1.48. The minimum Gasteiger partial charge on any atom is -0.482 e. The highest BCUT2D eigenvalue weighted by Gasteiger charge is 2.31. The van der Waals surface area contributed by atoms with Crippen LogP contribution in [0.5, 0.6) is 5.75 Å². The smallest absolute Gasteiger partial charge is 0.422 e. The number of carboxylic acid groups (broad SMARTS) is 1. The van der Waals surface area contributed by atoms with Gasteiger partial charge < -0.3 is 9.84 Å². The minimum atomic E-state index is -4.51. The predicted molar refractivity (Wildman–Crippen MR) is 54.7 cm³/mol. The molecule has 1 aliphatic rings. The van der Waals surface area contributed by atoms with Crippen LogP contribution in [-0.2, 0) is 0 Å². The Morgan fingerprint density at radius 1 is 1.50 bits per heavy atom. The summed E-state index contributed by atoms with van der Waals surface area (Å²) >= 11 is 0. The lowest BCUT2D eigenvalue weighted by Gasteiger charge is -2.11. The number of carbonyl (C=O) groups is 1. The van der Waals surface area contributed by atoms with Gasteiger partial charge >= 0.3 is 12.1 Å². The molecule has 18 heavy (non-hydrogen) atoms. The van der Waals surface area contributed by atoms with Gasteiger partial charge in [-0.3, -0.25) is 0 Å². The first kappa shape index (κ1) is 12.7. The van der Waals surface area contributed by atoms with Crippen molar-refractivity contribution in [1.29, 1.82) is 0 Å². The summed E-state index contributed by atoms with van der Waals surface area (Å²) in [5.41, 5.74) is 0.223. The van der Waals surface area contributed by atoms with Crippen LogP contribution in [0.25, 0.3) is 0 Å². The number of aromatic carboxylic acids is 1. The number of ether oxygens (including phenoxy) is 1. The number of nitrogens with zero attached hydrogens (tertiary/aromatic N) is 1. The first-order valence-electron chi connectivity index (χ1n) is 5.29. The van der Waals surface area contributed by atoms with E-state index in [2.05, 4.69) is 9.72 Å². The van der Waals surface area contributed by atoms with Crippen molar-refractivity contribution in [3.63, 3.8) is 0 Å². The molecule has 98 valence electrons. The zero-order valence-electron chi connectivity index (χ0n) is 9.20. The van der Waals surface area contributed by atoms with Gasteiger partial charge in [-0.15, -0.1) is 0 Å². The Kier molecular flexibility index (Phi) is 3.14. The standard InChI is InChI=1S/C11H10F3NO3/c12-11(13,14)5-18-8-3-7(6-1-2-6)4-15-9(8)10(16)17/h3-4,6H,1-2,5H2,(H,16,17). The third-order valence-corrected chi connectivity index (χ3v) is 2.52. The Bertz CT molecular complexity index is 469. The molecule has 1 fully saturated rings. The van der Waals surface area contributed by atoms with Crippen molar-refractivity contribution in [3.8, 4) is 5.75 Å². The van der Waals surface area contributed by atoms with Gasteiger partial charge in [0.25, 0.3) is 0 Å². The van der Waals surface area contributed by atoms with Crippen molar-refractivity contribution in [2.24, 2.45) is 0 Å². The number of rotatable bonds is 4. The number of hydrogen-bond donors (Lipinski definition) is 1. The topological polar surface area (TPSA) is 59.4 Å². The summed E-state index contributed by atoms with van der Waals surface area (Å²) in [4.78, 5) is 14.5. The van der Waals surface area contributed by atoms with Crippen molar-refractivity contribution in [2.45, 2.75) is 24.9 Å². The van der Waals surface area contributed by atoms with Crippen LogP contribution in [-0.4, -0.2) is 28.8 Å². The molecule has 4 nitrogen and oxygen atoms in total. The summed E-state index contributed by atoms with van der Waals surface area (Å²) in [6.45, 7) is -1.52. The Morgan fingerprint density at radius 3 is 2.67 bits per heavy atom. The molecule has 0 atom stereocenters. The van der Waals surface area contributed by atoms with Gasteiger partial charge in [-0.2, -0.15) is 13.2 Å². The quantitative estimate of drug-likeness (QED) is 0.905. The van der Waals surface area contributed by atoms with Gasteiger partial charge in [-0.1, -0.05) is 0 Å². The summed E-state index contributed by atoms with van der Waals surface area (Å²) in [6.07, 6.45) is -1.26. The van der Waals surface area contributed by atoms with E-state index in [1.807, 2.05) is 0 Å². The van der Waals surface area contributed by atoms with Crippen LogP contribution in [0.2, 0.25) is 0 Å². The van der Waals surface area contributed by atoms with Gasteiger partial charge in [0.2, 0.25) is 0 Å². The van der Waals surface area contributed by atoms with E-state index < -0.39 is 24.4 Å². The first-order valence-corrected chi connectivity index (χ1v) is 5.29. The zero-order chi connectivity index (χ0) is 13.3. The van der Waals surface area contributed by atoms with Crippen LogP contribution in [0, 0.1) is 0 Å². The summed E-state index contributed by atoms with van der Waals surface area (Å²) in [7, 11) is 0. The number of carboxylic acids is 1. The molecule has 0 unspecified atom stereocenters. The second kappa shape index (κ2) is 4.47. The highest BCUT2D eigenvalue weighted by Crippen LogP contribution is 2.41. The lowest BCUT2D eigenvalue weighted by molar-refractivity contribution is -0.153. The fourth-order valence-corrected chi connectivity index (χ4v) is 1.53. The van der Waals surface area contributed by atoms with Crippen LogP contribution in [0.15, 0.2) is 12.3 Å². The Morgan fingerprint density at radius 2 is 2.17 bits per heavy atom. The van der Waals surface area contributed by atoms with E-state index in [9.17, 15) is 18.0 Å². The molecule has 0 bridgehead atoms. The molecule has 0 aromatic carbocycles. The average Bonchev–Trinajstić information content (AvgIpc) is 3.08. The van der Waals surface area contributed by atoms with Crippen LogP contribution in [0.1, 0.15) is 34.8 Å². The molecule has 1 saturated carbocycles. The van der Waals surface area contributed by atoms with Crippen LogP contribution in [0.4, 0.5) is 13.2 Å². The zero-order valence-corrected chi connectivity index (χ0v) is 9.20. The number of halogens is 3. The summed E-state index contributed by atoms with van der Waals surface area (Å²) < 4.78 is 40.7. The number of pyridine rings is 1. The van der Waals surface area contributed by atoms with Crippen molar-refractivity contribution >= 4 is 5.97 Å². The molecule has 1 N–H and O–H groups in total. The van der Waals surface area contributed by atoms with Crippen LogP contribution >= 0.6 is 0 Å². The van der Waals surface area contributed by atoms with E-state index in [4.69, 9.17) is 5.11 Å². The number of aromatic nitrogens is 1. The normalized spacial score (nSPS) is 15.5. The second-order valence-electron chi connectivity index (χ2n) is 4.10. The van der Waals surface area contributed by atoms with E-state index in [0.717, 1.165) is 18.4 Å². The van der Waals surface area contributed by atoms with Gasteiger partial charge in [-0.25, -0.2) is 9.78 Å². The molecule has 0 aliphatic heterocycles. The predicted octanol–water partition coefficient (Wildman–Crippen LogP) is 2.60. The molecular formula is C11H10F3NO3. The molecule has 0 radical (unpaired) electrons. The average molecular weight is 261 g/mol. The molecule has 1 aromatic heterocycles. The van der Waals surface area contributed by atoms with Crippen molar-refractivity contribution in [2.75, 3.05) is 6.61 Å². The first-order chi connectivity index (χ1) is 8.37. The molecule has 1 heterocycles. The van der Waals surface area contributed by atoms with Crippen molar-refractivity contribution in [1.82, 2.24) is 4.98 Å². The Balaban J connectivity index is 2.22. The molecule has 1 aromatic rings. The molecule has 0 saturated heterocycles.